The number of likely N-dealkylation sites (tertiary alicyclic amines) is 1. The lowest BCUT2D eigenvalue weighted by molar-refractivity contribution is -0.139. The number of urea groups is 1. The molecule has 13 heteroatoms. The molecule has 3 aliphatic rings. The van der Waals surface area contributed by atoms with Gasteiger partial charge < -0.3 is 30.9 Å². The van der Waals surface area contributed by atoms with Crippen LogP contribution in [0.25, 0.3) is 0 Å². The van der Waals surface area contributed by atoms with Crippen LogP contribution in [0.4, 0.5) is 4.79 Å². The molecule has 38 heavy (non-hydrogen) atoms. The van der Waals surface area contributed by atoms with E-state index in [0.29, 0.717) is 32.2 Å². The Kier molecular flexibility index (Phi) is 10.3. The van der Waals surface area contributed by atoms with Gasteiger partial charge in [-0.3, -0.25) is 23.5 Å². The summed E-state index contributed by atoms with van der Waals surface area (Å²) in [6, 6.07) is -2.05. The van der Waals surface area contributed by atoms with E-state index in [1.54, 1.807) is 4.90 Å². The van der Waals surface area contributed by atoms with E-state index in [2.05, 4.69) is 21.3 Å². The number of hydrogen-bond donors (Lipinski definition) is 5. The Balaban J connectivity index is 1.63. The molecule has 4 amide bonds. The summed E-state index contributed by atoms with van der Waals surface area (Å²) in [6.07, 6.45) is 5.29. The molecular weight excluding hydrogens is 514 g/mol. The van der Waals surface area contributed by atoms with Gasteiger partial charge in [-0.1, -0.05) is 51.1 Å². The molecule has 2 aliphatic carbocycles. The maximum atomic E-state index is 13.1. The van der Waals surface area contributed by atoms with E-state index < -0.39 is 70.5 Å². The van der Waals surface area contributed by atoms with Crippen LogP contribution in [-0.4, -0.2) is 91.1 Å². The van der Waals surface area contributed by atoms with Crippen molar-refractivity contribution in [1.29, 1.82) is 0 Å². The average molecular weight is 557 g/mol. The SMILES string of the molecule is CC(C)(C)[C@H](NC(=O)NC1(CS(=O)[O-])CCCCC1)C(O)N1CCC[C@H]1C(=O)NCC(=O)C(=O)NC1CC1. The lowest BCUT2D eigenvalue weighted by atomic mass is 9.83. The lowest BCUT2D eigenvalue weighted by Crippen LogP contribution is -2.64. The van der Waals surface area contributed by atoms with Crippen LogP contribution in [0.2, 0.25) is 0 Å². The van der Waals surface area contributed by atoms with Gasteiger partial charge in [-0.05, 0) is 43.9 Å². The van der Waals surface area contributed by atoms with Crippen LogP contribution >= 0.6 is 0 Å². The van der Waals surface area contributed by atoms with Crippen molar-refractivity contribution in [3.8, 4) is 0 Å². The predicted molar refractivity (Wildman–Crippen MR) is 139 cm³/mol. The van der Waals surface area contributed by atoms with Gasteiger partial charge in [0.1, 0.15) is 6.23 Å². The van der Waals surface area contributed by atoms with Crippen molar-refractivity contribution in [1.82, 2.24) is 26.2 Å². The second-order valence-corrected chi connectivity index (χ2v) is 12.8. The van der Waals surface area contributed by atoms with E-state index in [4.69, 9.17) is 0 Å². The first-order chi connectivity index (χ1) is 17.8. The highest BCUT2D eigenvalue weighted by atomic mass is 32.2. The molecule has 1 saturated heterocycles. The molecule has 12 nitrogen and oxygen atoms in total. The zero-order valence-electron chi connectivity index (χ0n) is 22.5. The summed E-state index contributed by atoms with van der Waals surface area (Å²) in [5.41, 5.74) is -1.46. The second-order valence-electron chi connectivity index (χ2n) is 11.9. The third-order valence-corrected chi connectivity index (χ3v) is 8.42. The maximum Gasteiger partial charge on any atom is 0.315 e. The van der Waals surface area contributed by atoms with Crippen molar-refractivity contribution in [3.63, 3.8) is 0 Å². The molecule has 216 valence electrons. The highest BCUT2D eigenvalue weighted by Crippen LogP contribution is 2.31. The fourth-order valence-corrected chi connectivity index (χ4v) is 6.17. The Bertz CT molecular complexity index is 914. The first-order valence-electron chi connectivity index (χ1n) is 13.5. The van der Waals surface area contributed by atoms with Crippen molar-refractivity contribution in [3.05, 3.63) is 0 Å². The fraction of sp³-hybridized carbons (Fsp3) is 0.840. The number of carbonyl (C=O) groups is 4. The zero-order valence-corrected chi connectivity index (χ0v) is 23.4. The molecule has 1 heterocycles. The highest BCUT2D eigenvalue weighted by molar-refractivity contribution is 7.79. The molecule has 4 atom stereocenters. The van der Waals surface area contributed by atoms with Gasteiger partial charge in [-0.25, -0.2) is 4.79 Å². The van der Waals surface area contributed by atoms with Crippen molar-refractivity contribution < 1.29 is 33.0 Å². The number of aliphatic hydroxyl groups excluding tert-OH is 1. The van der Waals surface area contributed by atoms with E-state index in [1.165, 1.54) is 0 Å². The third kappa shape index (κ3) is 8.45. The molecule has 3 fully saturated rings. The van der Waals surface area contributed by atoms with Gasteiger partial charge in [-0.2, -0.15) is 0 Å². The van der Waals surface area contributed by atoms with E-state index in [0.717, 1.165) is 32.1 Å². The number of ketones is 1. The summed E-state index contributed by atoms with van der Waals surface area (Å²) in [5.74, 6) is -2.08. The summed E-state index contributed by atoms with van der Waals surface area (Å²) >= 11 is -2.32. The topological polar surface area (TPSA) is 180 Å². The third-order valence-electron chi connectivity index (χ3n) is 7.63. The molecule has 3 rings (SSSR count). The number of nitrogens with zero attached hydrogens (tertiary/aromatic N) is 1. The Morgan fingerprint density at radius 1 is 1.08 bits per heavy atom. The van der Waals surface area contributed by atoms with E-state index >= 15 is 0 Å². The fourth-order valence-electron chi connectivity index (χ4n) is 5.35. The first-order valence-corrected chi connectivity index (χ1v) is 14.8. The summed E-state index contributed by atoms with van der Waals surface area (Å²) in [6.45, 7) is 5.54. The number of rotatable bonds is 11. The van der Waals surface area contributed by atoms with Gasteiger partial charge in [0.2, 0.25) is 11.7 Å². The molecule has 0 aromatic heterocycles. The predicted octanol–water partition coefficient (Wildman–Crippen LogP) is 0.0290. The number of amides is 4. The normalized spacial score (nSPS) is 24.1. The van der Waals surface area contributed by atoms with Crippen molar-refractivity contribution in [2.45, 2.75) is 108 Å². The summed E-state index contributed by atoms with van der Waals surface area (Å²) < 4.78 is 23.0. The molecule has 2 saturated carbocycles. The Morgan fingerprint density at radius 2 is 1.74 bits per heavy atom. The van der Waals surface area contributed by atoms with Crippen molar-refractivity contribution in [2.75, 3.05) is 18.8 Å². The van der Waals surface area contributed by atoms with Crippen LogP contribution in [0, 0.1) is 5.41 Å². The Labute approximate surface area is 226 Å². The van der Waals surface area contributed by atoms with Crippen molar-refractivity contribution in [2.24, 2.45) is 5.41 Å². The van der Waals surface area contributed by atoms with E-state index in [-0.39, 0.29) is 11.8 Å². The van der Waals surface area contributed by atoms with Crippen molar-refractivity contribution >= 4 is 34.7 Å². The van der Waals surface area contributed by atoms with Gasteiger partial charge in [0.05, 0.1) is 24.2 Å². The van der Waals surface area contributed by atoms with Crippen LogP contribution in [-0.2, 0) is 25.5 Å². The molecule has 0 spiro atoms. The molecule has 5 N–H and O–H groups in total. The molecule has 2 unspecified atom stereocenters. The van der Waals surface area contributed by atoms with E-state index in [9.17, 15) is 33.0 Å². The summed E-state index contributed by atoms with van der Waals surface area (Å²) in [5, 5.41) is 22.2. The standard InChI is InChI=1S/C25H43N5O7S/c1-24(2,3)19(28-23(35)29-25(15-38(36)37)11-5-4-6-12-25)22(34)30-13-7-8-17(30)20(32)26-14-18(31)21(33)27-16-9-10-16/h16-17,19,22,34H,4-15H2,1-3H3,(H,26,32)(H,27,33)(H,36,37)(H2,28,29,35)/p-1/t17-,19+,22?/m0/s1. The lowest BCUT2D eigenvalue weighted by Gasteiger charge is -2.43. The average Bonchev–Trinajstić information content (AvgIpc) is 3.50. The van der Waals surface area contributed by atoms with Gasteiger partial charge >= 0.3 is 6.03 Å². The highest BCUT2D eigenvalue weighted by Gasteiger charge is 2.43. The first kappa shape index (κ1) is 30.5. The molecule has 0 aromatic carbocycles. The van der Waals surface area contributed by atoms with Gasteiger partial charge in [-0.15, -0.1) is 0 Å². The molecule has 0 aromatic rings. The van der Waals surface area contributed by atoms with Crippen LogP contribution in [0.5, 0.6) is 0 Å². The number of hydrogen-bond acceptors (Lipinski definition) is 8. The van der Waals surface area contributed by atoms with Gasteiger partial charge in [0, 0.05) is 18.3 Å². The maximum absolute atomic E-state index is 13.1. The number of carbonyl (C=O) groups excluding carboxylic acids is 4. The molecular formula is C25H42N5O7S-. The number of nitrogens with one attached hydrogen (secondary N) is 4. The smallest absolute Gasteiger partial charge is 0.315 e. The van der Waals surface area contributed by atoms with E-state index in [1.807, 2.05) is 20.8 Å². The largest absolute Gasteiger partial charge is 0.772 e. The summed E-state index contributed by atoms with van der Waals surface area (Å²) in [7, 11) is 0. The zero-order chi connectivity index (χ0) is 28.1. The minimum absolute atomic E-state index is 0.0390. The molecule has 1 aliphatic heterocycles. The minimum Gasteiger partial charge on any atom is -0.772 e. The van der Waals surface area contributed by atoms with Gasteiger partial charge in [0.15, 0.2) is 0 Å². The van der Waals surface area contributed by atoms with Crippen LogP contribution in [0.3, 0.4) is 0 Å². The minimum atomic E-state index is -2.32. The second kappa shape index (κ2) is 12.8. The monoisotopic (exact) mass is 556 g/mol. The molecule has 0 radical (unpaired) electrons. The number of aliphatic hydroxyl groups is 1. The summed E-state index contributed by atoms with van der Waals surface area (Å²) in [4.78, 5) is 51.6. The van der Waals surface area contributed by atoms with Crippen LogP contribution in [0.1, 0.15) is 78.6 Å². The van der Waals surface area contributed by atoms with Crippen LogP contribution in [0.15, 0.2) is 0 Å². The number of Topliss-reactive ketones (excluding diaryl/α,β-unsaturated/α-hetero) is 1. The Morgan fingerprint density at radius 3 is 2.32 bits per heavy atom. The van der Waals surface area contributed by atoms with Gasteiger partial charge in [0.25, 0.3) is 5.91 Å². The Hall–Kier alpha value is -2.09. The van der Waals surface area contributed by atoms with Crippen LogP contribution < -0.4 is 21.3 Å². The quantitative estimate of drug-likeness (QED) is 0.175. The molecule has 0 bridgehead atoms.